The monoisotopic (exact) mass is 286 g/mol. The maximum atomic E-state index is 6.30. The summed E-state index contributed by atoms with van der Waals surface area (Å²) >= 11 is 12.4. The topological polar surface area (TPSA) is 38.0 Å². The highest BCUT2D eigenvalue weighted by molar-refractivity contribution is 6.42. The fourth-order valence-corrected chi connectivity index (χ4v) is 3.31. The standard InChI is InChI=1S/C14H20Cl2N2/c15-12-9-5-8-11(13(12)16)14(18-17)10-6-3-1-2-4-7-10/h5,8-10,14,18H,1-4,6-7,17H2. The average Bonchev–Trinajstić information content (AvgIpc) is 2.64. The highest BCUT2D eigenvalue weighted by Crippen LogP contribution is 2.38. The van der Waals surface area contributed by atoms with E-state index in [1.165, 1.54) is 38.5 Å². The number of hydrogen-bond donors (Lipinski definition) is 2. The molecule has 0 amide bonds. The molecule has 0 heterocycles. The summed E-state index contributed by atoms with van der Waals surface area (Å²) in [4.78, 5) is 0. The molecule has 0 bridgehead atoms. The number of benzene rings is 1. The zero-order valence-electron chi connectivity index (χ0n) is 10.5. The minimum Gasteiger partial charge on any atom is -0.271 e. The normalized spacial score (nSPS) is 19.5. The van der Waals surface area contributed by atoms with Crippen molar-refractivity contribution in [2.24, 2.45) is 11.8 Å². The number of nitrogens with two attached hydrogens (primary N) is 1. The molecule has 0 spiro atoms. The predicted molar refractivity (Wildman–Crippen MR) is 77.7 cm³/mol. The van der Waals surface area contributed by atoms with E-state index in [-0.39, 0.29) is 6.04 Å². The molecule has 1 aliphatic carbocycles. The van der Waals surface area contributed by atoms with Gasteiger partial charge in [0.2, 0.25) is 0 Å². The molecule has 2 rings (SSSR count). The molecule has 1 aliphatic rings. The third kappa shape index (κ3) is 3.18. The van der Waals surface area contributed by atoms with E-state index in [9.17, 15) is 0 Å². The van der Waals surface area contributed by atoms with Crippen molar-refractivity contribution in [3.8, 4) is 0 Å². The number of hydrogen-bond acceptors (Lipinski definition) is 2. The van der Waals surface area contributed by atoms with Gasteiger partial charge in [0.1, 0.15) is 0 Å². The van der Waals surface area contributed by atoms with E-state index in [0.717, 1.165) is 5.56 Å². The van der Waals surface area contributed by atoms with Gasteiger partial charge in [0.05, 0.1) is 16.1 Å². The second-order valence-corrected chi connectivity index (χ2v) is 5.82. The molecule has 1 aromatic rings. The summed E-state index contributed by atoms with van der Waals surface area (Å²) < 4.78 is 0. The molecule has 3 N–H and O–H groups in total. The van der Waals surface area contributed by atoms with Crippen LogP contribution in [-0.2, 0) is 0 Å². The van der Waals surface area contributed by atoms with E-state index in [2.05, 4.69) is 5.43 Å². The molecule has 1 fully saturated rings. The maximum absolute atomic E-state index is 6.30. The fourth-order valence-electron chi connectivity index (χ4n) is 2.88. The summed E-state index contributed by atoms with van der Waals surface area (Å²) in [6.07, 6.45) is 7.63. The average molecular weight is 287 g/mol. The summed E-state index contributed by atoms with van der Waals surface area (Å²) in [6, 6.07) is 5.87. The summed E-state index contributed by atoms with van der Waals surface area (Å²) in [6.45, 7) is 0. The van der Waals surface area contributed by atoms with Crippen molar-refractivity contribution in [1.82, 2.24) is 5.43 Å². The number of halogens is 2. The maximum Gasteiger partial charge on any atom is 0.0640 e. The van der Waals surface area contributed by atoms with Crippen molar-refractivity contribution >= 4 is 23.2 Å². The molecule has 1 saturated carbocycles. The predicted octanol–water partition coefficient (Wildman–Crippen LogP) is 4.47. The molecule has 0 aromatic heterocycles. The first kappa shape index (κ1) is 14.1. The van der Waals surface area contributed by atoms with E-state index in [0.29, 0.717) is 16.0 Å². The molecule has 1 aromatic carbocycles. The van der Waals surface area contributed by atoms with Crippen LogP contribution in [0.3, 0.4) is 0 Å². The van der Waals surface area contributed by atoms with Crippen molar-refractivity contribution in [2.45, 2.75) is 44.6 Å². The lowest BCUT2D eigenvalue weighted by Crippen LogP contribution is -2.33. The highest BCUT2D eigenvalue weighted by atomic mass is 35.5. The Kier molecular flexibility index (Phi) is 5.31. The Hall–Kier alpha value is -0.280. The molecule has 18 heavy (non-hydrogen) atoms. The van der Waals surface area contributed by atoms with Crippen LogP contribution in [0.25, 0.3) is 0 Å². The first-order chi connectivity index (χ1) is 8.74. The van der Waals surface area contributed by atoms with Crippen LogP contribution in [-0.4, -0.2) is 0 Å². The van der Waals surface area contributed by atoms with Crippen LogP contribution < -0.4 is 11.3 Å². The van der Waals surface area contributed by atoms with Gasteiger partial charge >= 0.3 is 0 Å². The Morgan fingerprint density at radius 3 is 2.39 bits per heavy atom. The molecular weight excluding hydrogens is 267 g/mol. The van der Waals surface area contributed by atoms with Crippen LogP contribution in [0.5, 0.6) is 0 Å². The molecule has 1 unspecified atom stereocenters. The second-order valence-electron chi connectivity index (χ2n) is 5.04. The summed E-state index contributed by atoms with van der Waals surface area (Å²) in [5.74, 6) is 6.30. The minimum atomic E-state index is 0.106. The zero-order valence-corrected chi connectivity index (χ0v) is 12.0. The molecule has 0 aliphatic heterocycles. The van der Waals surface area contributed by atoms with Gasteiger partial charge in [0, 0.05) is 0 Å². The third-order valence-corrected chi connectivity index (χ3v) is 4.70. The van der Waals surface area contributed by atoms with E-state index in [1.807, 2.05) is 18.2 Å². The first-order valence-electron chi connectivity index (χ1n) is 6.64. The van der Waals surface area contributed by atoms with Gasteiger partial charge in [-0.1, -0.05) is 61.0 Å². The van der Waals surface area contributed by atoms with Crippen molar-refractivity contribution < 1.29 is 0 Å². The van der Waals surface area contributed by atoms with Crippen molar-refractivity contribution in [1.29, 1.82) is 0 Å². The van der Waals surface area contributed by atoms with E-state index < -0.39 is 0 Å². The molecular formula is C14H20Cl2N2. The molecule has 2 nitrogen and oxygen atoms in total. The van der Waals surface area contributed by atoms with Gasteiger partial charge in [-0.2, -0.15) is 0 Å². The van der Waals surface area contributed by atoms with Crippen molar-refractivity contribution in [2.75, 3.05) is 0 Å². The number of nitrogens with one attached hydrogen (secondary N) is 1. The lowest BCUT2D eigenvalue weighted by atomic mass is 9.87. The summed E-state index contributed by atoms with van der Waals surface area (Å²) in [7, 11) is 0. The Balaban J connectivity index is 2.23. The van der Waals surface area contributed by atoms with Gasteiger partial charge in [-0.25, -0.2) is 0 Å². The van der Waals surface area contributed by atoms with Gasteiger partial charge in [0.15, 0.2) is 0 Å². The lowest BCUT2D eigenvalue weighted by molar-refractivity contribution is 0.329. The number of hydrazine groups is 1. The van der Waals surface area contributed by atoms with Gasteiger partial charge in [-0.05, 0) is 30.4 Å². The molecule has 100 valence electrons. The quantitative estimate of drug-likeness (QED) is 0.489. The van der Waals surface area contributed by atoms with E-state index >= 15 is 0 Å². The molecule has 0 saturated heterocycles. The molecule has 1 atom stereocenters. The summed E-state index contributed by atoms with van der Waals surface area (Å²) in [5, 5.41) is 1.23. The molecule has 4 heteroatoms. The first-order valence-corrected chi connectivity index (χ1v) is 7.39. The van der Waals surface area contributed by atoms with Crippen molar-refractivity contribution in [3.63, 3.8) is 0 Å². The molecule has 0 radical (unpaired) electrons. The second kappa shape index (κ2) is 6.76. The number of rotatable bonds is 3. The summed E-state index contributed by atoms with van der Waals surface area (Å²) in [5.41, 5.74) is 3.97. The van der Waals surface area contributed by atoms with Crippen LogP contribution in [0.4, 0.5) is 0 Å². The van der Waals surface area contributed by atoms with Crippen LogP contribution in [0.2, 0.25) is 10.0 Å². The van der Waals surface area contributed by atoms with E-state index in [4.69, 9.17) is 29.0 Å². The van der Waals surface area contributed by atoms with Crippen LogP contribution in [0.15, 0.2) is 18.2 Å². The highest BCUT2D eigenvalue weighted by Gasteiger charge is 2.25. The Morgan fingerprint density at radius 2 is 1.78 bits per heavy atom. The lowest BCUT2D eigenvalue weighted by Gasteiger charge is -2.27. The Morgan fingerprint density at radius 1 is 1.11 bits per heavy atom. The fraction of sp³-hybridized carbons (Fsp3) is 0.571. The van der Waals surface area contributed by atoms with Gasteiger partial charge in [0.25, 0.3) is 0 Å². The van der Waals surface area contributed by atoms with Crippen LogP contribution >= 0.6 is 23.2 Å². The SMILES string of the molecule is NNC(c1cccc(Cl)c1Cl)C1CCCCCC1. The van der Waals surface area contributed by atoms with Gasteiger partial charge in [-0.15, -0.1) is 0 Å². The smallest absolute Gasteiger partial charge is 0.0640 e. The van der Waals surface area contributed by atoms with Gasteiger partial charge < -0.3 is 0 Å². The van der Waals surface area contributed by atoms with Crippen molar-refractivity contribution in [3.05, 3.63) is 33.8 Å². The Labute approximate surface area is 119 Å². The minimum absolute atomic E-state index is 0.106. The third-order valence-electron chi connectivity index (χ3n) is 3.87. The van der Waals surface area contributed by atoms with Gasteiger partial charge in [-0.3, -0.25) is 11.3 Å². The largest absolute Gasteiger partial charge is 0.271 e. The zero-order chi connectivity index (χ0) is 13.0. The van der Waals surface area contributed by atoms with Crippen LogP contribution in [0, 0.1) is 5.92 Å². The van der Waals surface area contributed by atoms with E-state index in [1.54, 1.807) is 0 Å². The Bertz CT molecular complexity index is 387. The van der Waals surface area contributed by atoms with Crippen LogP contribution in [0.1, 0.15) is 50.1 Å².